The summed E-state index contributed by atoms with van der Waals surface area (Å²) in [5, 5.41) is 6.11. The van der Waals surface area contributed by atoms with Gasteiger partial charge in [-0.2, -0.15) is 0 Å². The van der Waals surface area contributed by atoms with Crippen LogP contribution in [0, 0.1) is 0 Å². The van der Waals surface area contributed by atoms with Crippen molar-refractivity contribution in [2.24, 2.45) is 0 Å². The molecule has 1 saturated carbocycles. The van der Waals surface area contributed by atoms with Gasteiger partial charge in [-0.15, -0.1) is 0 Å². The summed E-state index contributed by atoms with van der Waals surface area (Å²) >= 11 is 0. The van der Waals surface area contributed by atoms with Crippen LogP contribution in [0.1, 0.15) is 50.2 Å². The Kier molecular flexibility index (Phi) is 7.12. The highest BCUT2D eigenvalue weighted by atomic mass is 16.5. The van der Waals surface area contributed by atoms with Crippen LogP contribution in [0.2, 0.25) is 0 Å². The maximum absolute atomic E-state index is 11.9. The van der Waals surface area contributed by atoms with Crippen molar-refractivity contribution >= 4 is 6.03 Å². The van der Waals surface area contributed by atoms with Gasteiger partial charge >= 0.3 is 6.03 Å². The largest absolute Gasteiger partial charge is 0.371 e. The van der Waals surface area contributed by atoms with Crippen molar-refractivity contribution in [1.82, 2.24) is 15.5 Å². The molecule has 0 spiro atoms. The van der Waals surface area contributed by atoms with Gasteiger partial charge in [0.1, 0.15) is 0 Å². The first kappa shape index (κ1) is 18.2. The van der Waals surface area contributed by atoms with Crippen molar-refractivity contribution in [3.63, 3.8) is 0 Å². The van der Waals surface area contributed by atoms with Gasteiger partial charge in [0.05, 0.1) is 12.7 Å². The fourth-order valence-electron chi connectivity index (χ4n) is 3.76. The number of urea groups is 1. The SMILES string of the molecule is O=C(NCCCN1CCOC(c2ccccc2)C1)NC1CCCCC1. The Balaban J connectivity index is 1.31. The topological polar surface area (TPSA) is 53.6 Å². The van der Waals surface area contributed by atoms with Crippen molar-refractivity contribution in [3.05, 3.63) is 35.9 Å². The van der Waals surface area contributed by atoms with Crippen LogP contribution >= 0.6 is 0 Å². The highest BCUT2D eigenvalue weighted by molar-refractivity contribution is 5.74. The van der Waals surface area contributed by atoms with Crippen LogP contribution in [-0.2, 0) is 4.74 Å². The van der Waals surface area contributed by atoms with E-state index in [-0.39, 0.29) is 12.1 Å². The summed E-state index contributed by atoms with van der Waals surface area (Å²) in [6, 6.07) is 10.8. The third kappa shape index (κ3) is 6.01. The number of carbonyl (C=O) groups is 1. The van der Waals surface area contributed by atoms with Gasteiger partial charge in [0.15, 0.2) is 0 Å². The highest BCUT2D eigenvalue weighted by Crippen LogP contribution is 2.21. The summed E-state index contributed by atoms with van der Waals surface area (Å²) in [6.07, 6.45) is 7.18. The molecular formula is C20H31N3O2. The summed E-state index contributed by atoms with van der Waals surface area (Å²) in [5.41, 5.74) is 1.25. The second-order valence-electron chi connectivity index (χ2n) is 7.16. The fraction of sp³-hybridized carbons (Fsp3) is 0.650. The molecule has 1 aromatic rings. The molecule has 2 amide bonds. The van der Waals surface area contributed by atoms with Crippen molar-refractivity contribution in [2.45, 2.75) is 50.7 Å². The molecule has 138 valence electrons. The fourth-order valence-corrected chi connectivity index (χ4v) is 3.76. The number of nitrogens with one attached hydrogen (secondary N) is 2. The van der Waals surface area contributed by atoms with Gasteiger partial charge in [0.2, 0.25) is 0 Å². The second kappa shape index (κ2) is 9.78. The first-order chi connectivity index (χ1) is 12.3. The molecule has 2 aliphatic rings. The number of benzene rings is 1. The van der Waals surface area contributed by atoms with Gasteiger partial charge in [-0.05, 0) is 24.8 Å². The summed E-state index contributed by atoms with van der Waals surface area (Å²) in [7, 11) is 0. The predicted octanol–water partition coefficient (Wildman–Crippen LogP) is 3.08. The maximum Gasteiger partial charge on any atom is 0.315 e. The molecule has 1 atom stereocenters. The Morgan fingerprint density at radius 1 is 1.16 bits per heavy atom. The number of ether oxygens (including phenoxy) is 1. The molecule has 0 bridgehead atoms. The van der Waals surface area contributed by atoms with Crippen LogP contribution in [0.3, 0.4) is 0 Å². The molecular weight excluding hydrogens is 314 g/mol. The van der Waals surface area contributed by atoms with E-state index in [2.05, 4.69) is 39.8 Å². The average Bonchev–Trinajstić information content (AvgIpc) is 2.67. The lowest BCUT2D eigenvalue weighted by Gasteiger charge is -2.33. The van der Waals surface area contributed by atoms with E-state index < -0.39 is 0 Å². The third-order valence-electron chi connectivity index (χ3n) is 5.20. The Morgan fingerprint density at radius 3 is 2.76 bits per heavy atom. The standard InChI is InChI=1S/C20H31N3O2/c24-20(22-18-10-5-2-6-11-18)21-12-7-13-23-14-15-25-19(16-23)17-8-3-1-4-9-17/h1,3-4,8-9,18-19H,2,5-7,10-16H2,(H2,21,22,24). The summed E-state index contributed by atoms with van der Waals surface area (Å²) < 4.78 is 5.90. The molecule has 5 nitrogen and oxygen atoms in total. The van der Waals surface area contributed by atoms with E-state index in [1.165, 1.54) is 24.8 Å². The Hall–Kier alpha value is -1.59. The molecule has 1 heterocycles. The average molecular weight is 345 g/mol. The van der Waals surface area contributed by atoms with Gasteiger partial charge in [-0.25, -0.2) is 4.79 Å². The minimum absolute atomic E-state index is 0.00367. The van der Waals surface area contributed by atoms with Crippen LogP contribution in [0.4, 0.5) is 4.79 Å². The molecule has 5 heteroatoms. The Bertz CT molecular complexity index is 517. The Morgan fingerprint density at radius 2 is 1.96 bits per heavy atom. The Labute approximate surface area is 151 Å². The molecule has 1 saturated heterocycles. The number of nitrogens with zero attached hydrogens (tertiary/aromatic N) is 1. The zero-order valence-corrected chi connectivity index (χ0v) is 15.1. The van der Waals surface area contributed by atoms with E-state index in [4.69, 9.17) is 4.74 Å². The van der Waals surface area contributed by atoms with Gasteiger partial charge in [-0.3, -0.25) is 4.90 Å². The molecule has 25 heavy (non-hydrogen) atoms. The minimum Gasteiger partial charge on any atom is -0.371 e. The molecule has 3 rings (SSSR count). The molecule has 1 unspecified atom stereocenters. The number of amides is 2. The van der Waals surface area contributed by atoms with E-state index in [1.54, 1.807) is 0 Å². The van der Waals surface area contributed by atoms with Crippen molar-refractivity contribution in [3.8, 4) is 0 Å². The van der Waals surface area contributed by atoms with E-state index in [9.17, 15) is 4.79 Å². The highest BCUT2D eigenvalue weighted by Gasteiger charge is 2.21. The van der Waals surface area contributed by atoms with Crippen molar-refractivity contribution < 1.29 is 9.53 Å². The molecule has 2 fully saturated rings. The van der Waals surface area contributed by atoms with E-state index in [1.807, 2.05) is 6.07 Å². The van der Waals surface area contributed by atoms with Gasteiger partial charge < -0.3 is 15.4 Å². The maximum atomic E-state index is 11.9. The van der Waals surface area contributed by atoms with Gasteiger partial charge in [0, 0.05) is 32.2 Å². The molecule has 0 radical (unpaired) electrons. The molecule has 1 aliphatic heterocycles. The lowest BCUT2D eigenvalue weighted by Crippen LogP contribution is -2.44. The predicted molar refractivity (Wildman–Crippen MR) is 99.6 cm³/mol. The smallest absolute Gasteiger partial charge is 0.315 e. The first-order valence-electron chi connectivity index (χ1n) is 9.74. The quantitative estimate of drug-likeness (QED) is 0.779. The second-order valence-corrected chi connectivity index (χ2v) is 7.16. The minimum atomic E-state index is -0.00367. The molecule has 2 N–H and O–H groups in total. The first-order valence-corrected chi connectivity index (χ1v) is 9.74. The molecule has 1 aromatic carbocycles. The van der Waals surface area contributed by atoms with Crippen molar-refractivity contribution in [1.29, 1.82) is 0 Å². The summed E-state index contributed by atoms with van der Waals surface area (Å²) in [6.45, 7) is 4.40. The van der Waals surface area contributed by atoms with Gasteiger partial charge in [-0.1, -0.05) is 49.6 Å². The lowest BCUT2D eigenvalue weighted by atomic mass is 9.96. The molecule has 1 aliphatic carbocycles. The monoisotopic (exact) mass is 345 g/mol. The third-order valence-corrected chi connectivity index (χ3v) is 5.20. The summed E-state index contributed by atoms with van der Waals surface area (Å²) in [5.74, 6) is 0. The summed E-state index contributed by atoms with van der Waals surface area (Å²) in [4.78, 5) is 14.4. The van der Waals surface area contributed by atoms with Crippen LogP contribution < -0.4 is 10.6 Å². The van der Waals surface area contributed by atoms with E-state index >= 15 is 0 Å². The lowest BCUT2D eigenvalue weighted by molar-refractivity contribution is -0.0301. The van der Waals surface area contributed by atoms with Crippen LogP contribution in [-0.4, -0.2) is 49.8 Å². The zero-order chi connectivity index (χ0) is 17.3. The number of rotatable bonds is 6. The number of carbonyl (C=O) groups excluding carboxylic acids is 1. The van der Waals surface area contributed by atoms with E-state index in [0.717, 1.165) is 52.0 Å². The number of hydrogen-bond acceptors (Lipinski definition) is 3. The number of morpholine rings is 1. The van der Waals surface area contributed by atoms with Crippen LogP contribution in [0.15, 0.2) is 30.3 Å². The van der Waals surface area contributed by atoms with Crippen LogP contribution in [0.25, 0.3) is 0 Å². The zero-order valence-electron chi connectivity index (χ0n) is 15.1. The van der Waals surface area contributed by atoms with E-state index in [0.29, 0.717) is 6.04 Å². The van der Waals surface area contributed by atoms with Crippen molar-refractivity contribution in [2.75, 3.05) is 32.8 Å². The van der Waals surface area contributed by atoms with Gasteiger partial charge in [0.25, 0.3) is 0 Å². The molecule has 0 aromatic heterocycles. The van der Waals surface area contributed by atoms with Crippen LogP contribution in [0.5, 0.6) is 0 Å². The normalized spacial score (nSPS) is 22.5. The number of hydrogen-bond donors (Lipinski definition) is 2.